The van der Waals surface area contributed by atoms with Crippen molar-refractivity contribution in [3.8, 4) is 17.2 Å². The molecule has 0 aliphatic carbocycles. The number of carbonyl (C=O) groups excluding carboxylic acids is 1. The number of hydrogen-bond donors (Lipinski definition) is 1. The first-order valence-electron chi connectivity index (χ1n) is 6.04. The number of rotatable bonds is 5. The maximum absolute atomic E-state index is 10.5. The number of likely N-dealkylation sites (N-methyl/N-ethyl adjacent to an activating group) is 1. The molecule has 0 aliphatic rings. The van der Waals surface area contributed by atoms with Crippen LogP contribution < -0.4 is 19.5 Å². The fraction of sp³-hybridized carbons (Fsp3) is 0.500. The smallest absolute Gasteiger partial charge is 0.322 e. The standard InChI is InChI=1S/C9H12O3.C5H11NO2/c1-10-7-4-8(11-2)6-9(5-7)12-3;1-4(6-2)5(7)8-3/h4-6H,1-3H3;4,6H,1-3H3. The Bertz CT molecular complexity index is 353. The lowest BCUT2D eigenvalue weighted by Gasteiger charge is -2.06. The highest BCUT2D eigenvalue weighted by atomic mass is 16.5. The van der Waals surface area contributed by atoms with Gasteiger partial charge in [-0.15, -0.1) is 0 Å². The topological polar surface area (TPSA) is 66.0 Å². The van der Waals surface area contributed by atoms with Gasteiger partial charge in [-0.05, 0) is 14.0 Å². The van der Waals surface area contributed by atoms with Crippen LogP contribution in [-0.4, -0.2) is 47.5 Å². The highest BCUT2D eigenvalue weighted by Gasteiger charge is 2.07. The molecule has 0 bridgehead atoms. The lowest BCUT2D eigenvalue weighted by atomic mass is 10.3. The molecule has 1 aromatic carbocycles. The molecule has 6 nitrogen and oxygen atoms in total. The zero-order valence-electron chi connectivity index (χ0n) is 12.9. The van der Waals surface area contributed by atoms with Gasteiger partial charge in [0, 0.05) is 18.2 Å². The SMILES string of the molecule is CNC(C)C(=O)OC.COc1cc(OC)cc(OC)c1. The molecule has 0 saturated carbocycles. The van der Waals surface area contributed by atoms with Gasteiger partial charge in [0.05, 0.1) is 28.4 Å². The highest BCUT2D eigenvalue weighted by molar-refractivity contribution is 5.74. The van der Waals surface area contributed by atoms with Crippen LogP contribution in [0.1, 0.15) is 6.92 Å². The van der Waals surface area contributed by atoms with Crippen molar-refractivity contribution in [3.63, 3.8) is 0 Å². The van der Waals surface area contributed by atoms with Crippen LogP contribution in [-0.2, 0) is 9.53 Å². The maximum atomic E-state index is 10.5. The van der Waals surface area contributed by atoms with Crippen LogP contribution in [0.4, 0.5) is 0 Å². The Balaban J connectivity index is 0.000000396. The molecule has 0 aromatic heterocycles. The summed E-state index contributed by atoms with van der Waals surface area (Å²) in [5, 5.41) is 2.74. The van der Waals surface area contributed by atoms with Gasteiger partial charge in [0.15, 0.2) is 0 Å². The van der Waals surface area contributed by atoms with Gasteiger partial charge >= 0.3 is 5.97 Å². The molecule has 0 aliphatic heterocycles. The molecule has 0 fully saturated rings. The third kappa shape index (κ3) is 6.29. The van der Waals surface area contributed by atoms with E-state index in [1.807, 2.05) is 0 Å². The predicted molar refractivity (Wildman–Crippen MR) is 76.6 cm³/mol. The van der Waals surface area contributed by atoms with Gasteiger partial charge in [0.2, 0.25) is 0 Å². The second-order valence-corrected chi connectivity index (χ2v) is 3.79. The number of ether oxygens (including phenoxy) is 4. The van der Waals surface area contributed by atoms with E-state index < -0.39 is 0 Å². The number of carbonyl (C=O) groups is 1. The van der Waals surface area contributed by atoms with Crippen LogP contribution in [0, 0.1) is 0 Å². The van der Waals surface area contributed by atoms with Crippen molar-refractivity contribution in [3.05, 3.63) is 18.2 Å². The number of esters is 1. The summed E-state index contributed by atoms with van der Waals surface area (Å²) in [5.41, 5.74) is 0. The maximum Gasteiger partial charge on any atom is 0.322 e. The molecule has 1 atom stereocenters. The van der Waals surface area contributed by atoms with Gasteiger partial charge in [-0.1, -0.05) is 0 Å². The summed E-state index contributed by atoms with van der Waals surface area (Å²) in [4.78, 5) is 10.5. The summed E-state index contributed by atoms with van der Waals surface area (Å²) in [6.45, 7) is 1.74. The number of nitrogens with one attached hydrogen (secondary N) is 1. The summed E-state index contributed by atoms with van der Waals surface area (Å²) in [6, 6.07) is 5.19. The molecule has 1 rings (SSSR count). The van der Waals surface area contributed by atoms with E-state index in [-0.39, 0.29) is 12.0 Å². The van der Waals surface area contributed by atoms with Crippen molar-refractivity contribution in [1.82, 2.24) is 5.32 Å². The Labute approximate surface area is 120 Å². The Morgan fingerprint density at radius 1 is 0.950 bits per heavy atom. The van der Waals surface area contributed by atoms with Crippen molar-refractivity contribution < 1.29 is 23.7 Å². The van der Waals surface area contributed by atoms with Crippen LogP contribution in [0.5, 0.6) is 17.2 Å². The summed E-state index contributed by atoms with van der Waals surface area (Å²) >= 11 is 0. The van der Waals surface area contributed by atoms with Crippen LogP contribution in [0.15, 0.2) is 18.2 Å². The fourth-order valence-electron chi connectivity index (χ4n) is 1.19. The third-order valence-electron chi connectivity index (χ3n) is 2.55. The minimum atomic E-state index is -0.229. The summed E-state index contributed by atoms with van der Waals surface area (Å²) in [6.07, 6.45) is 0. The van der Waals surface area contributed by atoms with Crippen LogP contribution in [0.3, 0.4) is 0 Å². The van der Waals surface area contributed by atoms with Crippen molar-refractivity contribution in [2.45, 2.75) is 13.0 Å². The lowest BCUT2D eigenvalue weighted by molar-refractivity contribution is -0.142. The monoisotopic (exact) mass is 285 g/mol. The zero-order chi connectivity index (χ0) is 15.5. The normalized spacial score (nSPS) is 10.7. The molecule has 6 heteroatoms. The van der Waals surface area contributed by atoms with Crippen LogP contribution >= 0.6 is 0 Å². The fourth-order valence-corrected chi connectivity index (χ4v) is 1.19. The first-order chi connectivity index (χ1) is 9.51. The summed E-state index contributed by atoms with van der Waals surface area (Å²) < 4.78 is 19.5. The largest absolute Gasteiger partial charge is 0.496 e. The molecular weight excluding hydrogens is 262 g/mol. The van der Waals surface area contributed by atoms with Crippen LogP contribution in [0.25, 0.3) is 0 Å². The van der Waals surface area contributed by atoms with E-state index in [4.69, 9.17) is 14.2 Å². The zero-order valence-corrected chi connectivity index (χ0v) is 12.9. The molecule has 0 spiro atoms. The van der Waals surface area contributed by atoms with E-state index in [1.165, 1.54) is 7.11 Å². The van der Waals surface area contributed by atoms with E-state index in [0.29, 0.717) is 0 Å². The number of methoxy groups -OCH3 is 4. The molecule has 0 saturated heterocycles. The highest BCUT2D eigenvalue weighted by Crippen LogP contribution is 2.26. The van der Waals surface area contributed by atoms with Crippen molar-refractivity contribution in [1.29, 1.82) is 0 Å². The molecule has 1 aromatic rings. The second kappa shape index (κ2) is 9.91. The third-order valence-corrected chi connectivity index (χ3v) is 2.55. The van der Waals surface area contributed by atoms with Crippen molar-refractivity contribution >= 4 is 5.97 Å². The Hall–Kier alpha value is -1.95. The molecule has 1 unspecified atom stereocenters. The van der Waals surface area contributed by atoms with Crippen molar-refractivity contribution in [2.75, 3.05) is 35.5 Å². The Morgan fingerprint density at radius 2 is 1.30 bits per heavy atom. The van der Waals surface area contributed by atoms with Gasteiger partial charge in [-0.3, -0.25) is 4.79 Å². The van der Waals surface area contributed by atoms with E-state index >= 15 is 0 Å². The molecular formula is C14H23NO5. The minimum Gasteiger partial charge on any atom is -0.496 e. The van der Waals surface area contributed by atoms with Gasteiger partial charge in [0.1, 0.15) is 23.3 Å². The molecule has 0 heterocycles. The quantitative estimate of drug-likeness (QED) is 0.827. The first kappa shape index (κ1) is 18.0. The predicted octanol–water partition coefficient (Wildman–Crippen LogP) is 1.48. The molecule has 0 amide bonds. The van der Waals surface area contributed by atoms with Gasteiger partial charge in [-0.25, -0.2) is 0 Å². The lowest BCUT2D eigenvalue weighted by Crippen LogP contribution is -2.31. The van der Waals surface area contributed by atoms with E-state index in [0.717, 1.165) is 17.2 Å². The molecule has 0 radical (unpaired) electrons. The van der Waals surface area contributed by atoms with Gasteiger partial charge < -0.3 is 24.3 Å². The molecule has 1 N–H and O–H groups in total. The average molecular weight is 285 g/mol. The molecule has 20 heavy (non-hydrogen) atoms. The summed E-state index contributed by atoms with van der Waals surface area (Å²) in [7, 11) is 7.90. The van der Waals surface area contributed by atoms with Crippen molar-refractivity contribution in [2.24, 2.45) is 0 Å². The van der Waals surface area contributed by atoms with Gasteiger partial charge in [-0.2, -0.15) is 0 Å². The Morgan fingerprint density at radius 3 is 1.45 bits per heavy atom. The minimum absolute atomic E-state index is 0.194. The first-order valence-corrected chi connectivity index (χ1v) is 6.04. The second-order valence-electron chi connectivity index (χ2n) is 3.79. The van der Waals surface area contributed by atoms with E-state index in [2.05, 4.69) is 10.1 Å². The van der Waals surface area contributed by atoms with Gasteiger partial charge in [0.25, 0.3) is 0 Å². The number of benzene rings is 1. The molecule has 114 valence electrons. The van der Waals surface area contributed by atoms with Crippen LogP contribution in [0.2, 0.25) is 0 Å². The average Bonchev–Trinajstić information content (AvgIpc) is 2.52. The summed E-state index contributed by atoms with van der Waals surface area (Å²) in [5.74, 6) is 1.95. The van der Waals surface area contributed by atoms with E-state index in [1.54, 1.807) is 53.5 Å². The number of hydrogen-bond acceptors (Lipinski definition) is 6. The Kier molecular flexibility index (Phi) is 8.95. The van der Waals surface area contributed by atoms with E-state index in [9.17, 15) is 4.79 Å².